The molecule has 0 unspecified atom stereocenters. The molecule has 1 fully saturated rings. The molecule has 1 N–H and O–H groups in total. The van der Waals surface area contributed by atoms with Crippen LogP contribution in [0.4, 0.5) is 5.82 Å². The van der Waals surface area contributed by atoms with Crippen LogP contribution in [-0.4, -0.2) is 41.0 Å². The first-order valence-electron chi connectivity index (χ1n) is 6.66. The zero-order valence-electron chi connectivity index (χ0n) is 11.1. The Kier molecular flexibility index (Phi) is 4.95. The number of hydrogen-bond donors (Lipinski definition) is 1. The number of anilines is 1. The minimum atomic E-state index is 0.349. The van der Waals surface area contributed by atoms with Gasteiger partial charge < -0.3 is 10.2 Å². The molecule has 0 amide bonds. The highest BCUT2D eigenvalue weighted by Crippen LogP contribution is 2.17. The van der Waals surface area contributed by atoms with Crippen molar-refractivity contribution in [2.45, 2.75) is 32.6 Å². The van der Waals surface area contributed by atoms with E-state index in [0.717, 1.165) is 29.3 Å². The lowest BCUT2D eigenvalue weighted by molar-refractivity contribution is 0.352. The molecule has 5 heteroatoms. The van der Waals surface area contributed by atoms with Crippen molar-refractivity contribution in [1.82, 2.24) is 14.9 Å². The van der Waals surface area contributed by atoms with Crippen molar-refractivity contribution in [3.63, 3.8) is 0 Å². The molecule has 18 heavy (non-hydrogen) atoms. The topological polar surface area (TPSA) is 41.1 Å². The van der Waals surface area contributed by atoms with Crippen LogP contribution in [0.5, 0.6) is 0 Å². The van der Waals surface area contributed by atoms with E-state index in [1.54, 1.807) is 0 Å². The molecular formula is C13H21BrN4. The maximum absolute atomic E-state index is 4.53. The third-order valence-corrected chi connectivity index (χ3v) is 3.57. The van der Waals surface area contributed by atoms with Gasteiger partial charge in [0.1, 0.15) is 16.2 Å². The maximum Gasteiger partial charge on any atom is 0.134 e. The maximum atomic E-state index is 4.53. The molecule has 0 spiro atoms. The Morgan fingerprint density at radius 2 is 2.06 bits per heavy atom. The molecule has 0 radical (unpaired) electrons. The molecule has 1 aliphatic rings. The van der Waals surface area contributed by atoms with E-state index in [9.17, 15) is 0 Å². The second-order valence-electron chi connectivity index (χ2n) is 5.06. The summed E-state index contributed by atoms with van der Waals surface area (Å²) >= 11 is 3.44. The van der Waals surface area contributed by atoms with Crippen LogP contribution in [0.2, 0.25) is 0 Å². The minimum Gasteiger partial charge on any atom is -0.369 e. The Morgan fingerprint density at radius 3 is 2.72 bits per heavy atom. The van der Waals surface area contributed by atoms with Crippen LogP contribution < -0.4 is 5.32 Å². The van der Waals surface area contributed by atoms with Gasteiger partial charge in [0.05, 0.1) is 0 Å². The van der Waals surface area contributed by atoms with E-state index < -0.39 is 0 Å². The lowest BCUT2D eigenvalue weighted by atomic mass is 10.2. The molecule has 2 heterocycles. The standard InChI is InChI=1S/C13H21BrN4/c1-10(2)13-16-11(14)9-12(17-13)15-5-8-18-6-3-4-7-18/h9-10H,3-8H2,1-2H3,(H,15,16,17). The molecule has 0 atom stereocenters. The summed E-state index contributed by atoms with van der Waals surface area (Å²) in [5.74, 6) is 2.15. The number of nitrogens with one attached hydrogen (secondary N) is 1. The molecule has 1 aliphatic heterocycles. The largest absolute Gasteiger partial charge is 0.369 e. The van der Waals surface area contributed by atoms with Crippen molar-refractivity contribution in [1.29, 1.82) is 0 Å². The summed E-state index contributed by atoms with van der Waals surface area (Å²) in [7, 11) is 0. The molecule has 1 aromatic rings. The SMILES string of the molecule is CC(C)c1nc(Br)cc(NCCN2CCCC2)n1. The average Bonchev–Trinajstić information content (AvgIpc) is 2.81. The number of nitrogens with zero attached hydrogens (tertiary/aromatic N) is 3. The van der Waals surface area contributed by atoms with Crippen molar-refractivity contribution in [3.05, 3.63) is 16.5 Å². The molecular weight excluding hydrogens is 292 g/mol. The number of halogens is 1. The van der Waals surface area contributed by atoms with Gasteiger partial charge in [0.2, 0.25) is 0 Å². The van der Waals surface area contributed by atoms with Crippen LogP contribution in [0.1, 0.15) is 38.4 Å². The van der Waals surface area contributed by atoms with Gasteiger partial charge in [0, 0.05) is 25.1 Å². The molecule has 100 valence electrons. The molecule has 1 aromatic heterocycles. The summed E-state index contributed by atoms with van der Waals surface area (Å²) in [6.07, 6.45) is 2.69. The average molecular weight is 313 g/mol. The summed E-state index contributed by atoms with van der Waals surface area (Å²) in [4.78, 5) is 11.4. The van der Waals surface area contributed by atoms with Crippen molar-refractivity contribution in [3.8, 4) is 0 Å². The first-order chi connectivity index (χ1) is 8.65. The predicted octanol–water partition coefficient (Wildman–Crippen LogP) is 2.87. The third kappa shape index (κ3) is 3.92. The summed E-state index contributed by atoms with van der Waals surface area (Å²) in [5, 5.41) is 3.38. The second-order valence-corrected chi connectivity index (χ2v) is 5.88. The highest BCUT2D eigenvalue weighted by atomic mass is 79.9. The van der Waals surface area contributed by atoms with Gasteiger partial charge in [-0.3, -0.25) is 0 Å². The fraction of sp³-hybridized carbons (Fsp3) is 0.692. The zero-order chi connectivity index (χ0) is 13.0. The molecule has 1 saturated heterocycles. The first-order valence-corrected chi connectivity index (χ1v) is 7.45. The summed E-state index contributed by atoms with van der Waals surface area (Å²) < 4.78 is 0.852. The molecule has 0 saturated carbocycles. The van der Waals surface area contributed by atoms with Gasteiger partial charge in [-0.15, -0.1) is 0 Å². The van der Waals surface area contributed by atoms with E-state index >= 15 is 0 Å². The van der Waals surface area contributed by atoms with E-state index in [1.165, 1.54) is 25.9 Å². The Hall–Kier alpha value is -0.680. The minimum absolute atomic E-state index is 0.349. The van der Waals surface area contributed by atoms with Crippen LogP contribution >= 0.6 is 15.9 Å². The third-order valence-electron chi connectivity index (χ3n) is 3.16. The zero-order valence-corrected chi connectivity index (χ0v) is 12.7. The number of rotatable bonds is 5. The molecule has 4 nitrogen and oxygen atoms in total. The van der Waals surface area contributed by atoms with E-state index in [4.69, 9.17) is 0 Å². The van der Waals surface area contributed by atoms with Crippen molar-refractivity contribution < 1.29 is 0 Å². The molecule has 0 aromatic carbocycles. The van der Waals surface area contributed by atoms with Gasteiger partial charge in [0.15, 0.2) is 0 Å². The Labute approximate surface area is 117 Å². The fourth-order valence-electron chi connectivity index (χ4n) is 2.13. The van der Waals surface area contributed by atoms with Crippen molar-refractivity contribution in [2.75, 3.05) is 31.5 Å². The van der Waals surface area contributed by atoms with E-state index in [0.29, 0.717) is 5.92 Å². The van der Waals surface area contributed by atoms with Gasteiger partial charge in [-0.25, -0.2) is 9.97 Å². The van der Waals surface area contributed by atoms with Crippen LogP contribution in [0, 0.1) is 0 Å². The Balaban J connectivity index is 1.88. The monoisotopic (exact) mass is 312 g/mol. The number of hydrogen-bond acceptors (Lipinski definition) is 4. The second kappa shape index (κ2) is 6.48. The van der Waals surface area contributed by atoms with Crippen LogP contribution in [-0.2, 0) is 0 Å². The molecule has 0 bridgehead atoms. The highest BCUT2D eigenvalue weighted by molar-refractivity contribution is 9.10. The van der Waals surface area contributed by atoms with Gasteiger partial charge >= 0.3 is 0 Å². The lowest BCUT2D eigenvalue weighted by Gasteiger charge is -2.15. The lowest BCUT2D eigenvalue weighted by Crippen LogP contribution is -2.26. The van der Waals surface area contributed by atoms with Gasteiger partial charge in [-0.1, -0.05) is 13.8 Å². The Bertz CT molecular complexity index is 389. The van der Waals surface area contributed by atoms with E-state index in [1.807, 2.05) is 6.07 Å². The fourth-order valence-corrected chi connectivity index (χ4v) is 2.53. The van der Waals surface area contributed by atoms with E-state index in [-0.39, 0.29) is 0 Å². The van der Waals surface area contributed by atoms with Crippen molar-refractivity contribution in [2.24, 2.45) is 0 Å². The van der Waals surface area contributed by atoms with E-state index in [2.05, 4.69) is 50.0 Å². The van der Waals surface area contributed by atoms with Gasteiger partial charge in [0.25, 0.3) is 0 Å². The van der Waals surface area contributed by atoms with Gasteiger partial charge in [-0.2, -0.15) is 0 Å². The van der Waals surface area contributed by atoms with Crippen LogP contribution in [0.3, 0.4) is 0 Å². The van der Waals surface area contributed by atoms with Crippen LogP contribution in [0.25, 0.3) is 0 Å². The van der Waals surface area contributed by atoms with Crippen molar-refractivity contribution >= 4 is 21.7 Å². The number of likely N-dealkylation sites (tertiary alicyclic amines) is 1. The smallest absolute Gasteiger partial charge is 0.134 e. The van der Waals surface area contributed by atoms with Gasteiger partial charge in [-0.05, 0) is 41.9 Å². The highest BCUT2D eigenvalue weighted by Gasteiger charge is 2.11. The first kappa shape index (κ1) is 13.7. The quantitative estimate of drug-likeness (QED) is 0.849. The molecule has 2 rings (SSSR count). The number of aromatic nitrogens is 2. The summed E-state index contributed by atoms with van der Waals surface area (Å²) in [6.45, 7) is 8.74. The summed E-state index contributed by atoms with van der Waals surface area (Å²) in [6, 6.07) is 1.94. The summed E-state index contributed by atoms with van der Waals surface area (Å²) in [5.41, 5.74) is 0. The molecule has 0 aliphatic carbocycles. The van der Waals surface area contributed by atoms with Crippen LogP contribution in [0.15, 0.2) is 10.7 Å². The Morgan fingerprint density at radius 1 is 1.33 bits per heavy atom. The predicted molar refractivity (Wildman–Crippen MR) is 78.0 cm³/mol. The normalized spacial score (nSPS) is 16.4.